The summed E-state index contributed by atoms with van der Waals surface area (Å²) in [6.45, 7) is -0.0596. The van der Waals surface area contributed by atoms with Gasteiger partial charge in [0.1, 0.15) is 0 Å². The second-order valence-electron chi connectivity index (χ2n) is 4.21. The Kier molecular flexibility index (Phi) is 4.95. The number of carbonyl (C=O) groups is 1. The van der Waals surface area contributed by atoms with Crippen molar-refractivity contribution >= 4 is 11.7 Å². The number of rotatable bonds is 4. The van der Waals surface area contributed by atoms with Crippen molar-refractivity contribution in [2.75, 3.05) is 13.6 Å². The number of amidine groups is 1. The third kappa shape index (κ3) is 4.45. The second kappa shape index (κ2) is 6.27. The van der Waals surface area contributed by atoms with Gasteiger partial charge in [0.2, 0.25) is 5.91 Å². The number of amides is 1. The van der Waals surface area contributed by atoms with E-state index < -0.39 is 11.7 Å². The first-order valence-electron chi connectivity index (χ1n) is 5.60. The van der Waals surface area contributed by atoms with Crippen LogP contribution in [0.4, 0.5) is 13.2 Å². The maximum atomic E-state index is 12.4. The van der Waals surface area contributed by atoms with E-state index >= 15 is 0 Å². The molecule has 1 aromatic rings. The van der Waals surface area contributed by atoms with Crippen LogP contribution in [0.15, 0.2) is 29.4 Å². The number of hydrogen-bond donors (Lipinski definition) is 2. The van der Waals surface area contributed by atoms with Gasteiger partial charge >= 0.3 is 6.18 Å². The summed E-state index contributed by atoms with van der Waals surface area (Å²) >= 11 is 0. The molecule has 0 aliphatic heterocycles. The molecule has 0 saturated heterocycles. The number of alkyl halides is 3. The van der Waals surface area contributed by atoms with Gasteiger partial charge in [-0.2, -0.15) is 13.2 Å². The van der Waals surface area contributed by atoms with Gasteiger partial charge in [-0.1, -0.05) is 17.3 Å². The Labute approximate surface area is 113 Å². The molecule has 0 unspecified atom stereocenters. The minimum atomic E-state index is -4.40. The van der Waals surface area contributed by atoms with Crippen molar-refractivity contribution in [3.8, 4) is 0 Å². The highest BCUT2D eigenvalue weighted by atomic mass is 19.4. The monoisotopic (exact) mass is 289 g/mol. The molecule has 5 nitrogen and oxygen atoms in total. The largest absolute Gasteiger partial charge is 0.416 e. The first-order valence-corrected chi connectivity index (χ1v) is 5.60. The lowest BCUT2D eigenvalue weighted by Gasteiger charge is -2.16. The van der Waals surface area contributed by atoms with Crippen LogP contribution in [0.2, 0.25) is 0 Å². The molecule has 0 saturated carbocycles. The predicted molar refractivity (Wildman–Crippen MR) is 66.2 cm³/mol. The Morgan fingerprint density at radius 1 is 1.35 bits per heavy atom. The number of nitrogens with zero attached hydrogens (tertiary/aromatic N) is 2. The van der Waals surface area contributed by atoms with Gasteiger partial charge in [-0.15, -0.1) is 0 Å². The first-order chi connectivity index (χ1) is 9.24. The molecule has 8 heteroatoms. The van der Waals surface area contributed by atoms with Gasteiger partial charge in [0.15, 0.2) is 5.84 Å². The number of hydrogen-bond acceptors (Lipinski definition) is 3. The molecular weight excluding hydrogens is 275 g/mol. The third-order valence-corrected chi connectivity index (χ3v) is 2.59. The fourth-order valence-corrected chi connectivity index (χ4v) is 1.48. The van der Waals surface area contributed by atoms with Crippen molar-refractivity contribution in [2.45, 2.75) is 12.6 Å². The fraction of sp³-hybridized carbons (Fsp3) is 0.333. The maximum absolute atomic E-state index is 12.4. The number of benzene rings is 1. The second-order valence-corrected chi connectivity index (χ2v) is 4.21. The number of halogens is 3. The summed E-state index contributed by atoms with van der Waals surface area (Å²) in [6, 6.07) is 4.34. The summed E-state index contributed by atoms with van der Waals surface area (Å²) in [5, 5.41) is 11.1. The van der Waals surface area contributed by atoms with Gasteiger partial charge in [-0.3, -0.25) is 4.79 Å². The Hall–Kier alpha value is -2.25. The van der Waals surface area contributed by atoms with Gasteiger partial charge in [-0.25, -0.2) is 0 Å². The SMILES string of the molecule is CN(CC(N)=NO)C(=O)Cc1ccc(C(F)(F)F)cc1. The Morgan fingerprint density at radius 3 is 2.35 bits per heavy atom. The van der Waals surface area contributed by atoms with E-state index in [0.717, 1.165) is 12.1 Å². The van der Waals surface area contributed by atoms with Crippen LogP contribution >= 0.6 is 0 Å². The summed E-state index contributed by atoms with van der Waals surface area (Å²) < 4.78 is 37.1. The highest BCUT2D eigenvalue weighted by molar-refractivity contribution is 5.87. The van der Waals surface area contributed by atoms with E-state index in [-0.39, 0.29) is 24.7 Å². The van der Waals surface area contributed by atoms with E-state index in [1.54, 1.807) is 0 Å². The van der Waals surface area contributed by atoms with Crippen molar-refractivity contribution in [1.82, 2.24) is 4.90 Å². The lowest BCUT2D eigenvalue weighted by Crippen LogP contribution is -2.36. The molecule has 0 aromatic heterocycles. The van der Waals surface area contributed by atoms with Gasteiger partial charge in [-0.05, 0) is 17.7 Å². The van der Waals surface area contributed by atoms with Crippen molar-refractivity contribution in [1.29, 1.82) is 0 Å². The summed E-state index contributed by atoms with van der Waals surface area (Å²) in [4.78, 5) is 13.0. The minimum absolute atomic E-state index is 0.0596. The molecule has 0 aliphatic carbocycles. The number of likely N-dealkylation sites (N-methyl/N-ethyl adjacent to an activating group) is 1. The molecule has 1 amide bonds. The maximum Gasteiger partial charge on any atom is 0.416 e. The van der Waals surface area contributed by atoms with Gasteiger partial charge in [0.05, 0.1) is 18.5 Å². The molecule has 110 valence electrons. The zero-order chi connectivity index (χ0) is 15.3. The van der Waals surface area contributed by atoms with Crippen LogP contribution in [0.25, 0.3) is 0 Å². The Morgan fingerprint density at radius 2 is 1.90 bits per heavy atom. The van der Waals surface area contributed by atoms with Crippen LogP contribution in [0.3, 0.4) is 0 Å². The molecule has 3 N–H and O–H groups in total. The van der Waals surface area contributed by atoms with E-state index in [9.17, 15) is 18.0 Å². The Balaban J connectivity index is 2.67. The predicted octanol–water partition coefficient (Wildman–Crippen LogP) is 1.45. The molecule has 0 bridgehead atoms. The number of oxime groups is 1. The van der Waals surface area contributed by atoms with Crippen LogP contribution in [-0.2, 0) is 17.4 Å². The molecule has 0 spiro atoms. The van der Waals surface area contributed by atoms with Crippen LogP contribution in [0.1, 0.15) is 11.1 Å². The average molecular weight is 289 g/mol. The molecule has 1 rings (SSSR count). The topological polar surface area (TPSA) is 78.9 Å². The van der Waals surface area contributed by atoms with Crippen molar-refractivity contribution in [2.24, 2.45) is 10.9 Å². The fourth-order valence-electron chi connectivity index (χ4n) is 1.48. The van der Waals surface area contributed by atoms with Crippen molar-refractivity contribution < 1.29 is 23.2 Å². The molecule has 1 aromatic carbocycles. The zero-order valence-corrected chi connectivity index (χ0v) is 10.7. The lowest BCUT2D eigenvalue weighted by atomic mass is 10.1. The molecular formula is C12H14F3N3O2. The molecule has 0 aliphatic rings. The molecule has 20 heavy (non-hydrogen) atoms. The van der Waals surface area contributed by atoms with Gasteiger partial charge in [0.25, 0.3) is 0 Å². The van der Waals surface area contributed by atoms with Crippen LogP contribution in [0, 0.1) is 0 Å². The summed E-state index contributed by atoms with van der Waals surface area (Å²) in [5.41, 5.74) is 4.94. The highest BCUT2D eigenvalue weighted by Crippen LogP contribution is 2.29. The van der Waals surface area contributed by atoms with E-state index in [4.69, 9.17) is 10.9 Å². The quantitative estimate of drug-likeness (QED) is 0.381. The third-order valence-electron chi connectivity index (χ3n) is 2.59. The van der Waals surface area contributed by atoms with E-state index in [1.165, 1.54) is 24.1 Å². The molecule has 0 heterocycles. The summed E-state index contributed by atoms with van der Waals surface area (Å²) in [6.07, 6.45) is -4.46. The smallest absolute Gasteiger partial charge is 0.409 e. The summed E-state index contributed by atoms with van der Waals surface area (Å²) in [7, 11) is 1.45. The molecule has 0 radical (unpaired) electrons. The first kappa shape index (κ1) is 15.8. The van der Waals surface area contributed by atoms with E-state index in [0.29, 0.717) is 5.56 Å². The van der Waals surface area contributed by atoms with E-state index in [1.807, 2.05) is 0 Å². The number of nitrogens with two attached hydrogens (primary N) is 1. The summed E-state index contributed by atoms with van der Waals surface area (Å²) in [5.74, 6) is -0.482. The number of carbonyl (C=O) groups excluding carboxylic acids is 1. The normalized spacial score (nSPS) is 12.3. The van der Waals surface area contributed by atoms with Gasteiger partial charge in [0, 0.05) is 7.05 Å². The standard InChI is InChI=1S/C12H14F3N3O2/c1-18(7-10(16)17-20)11(19)6-8-2-4-9(5-3-8)12(13,14)15/h2-5,20H,6-7H2,1H3,(H2,16,17). The molecule has 0 atom stereocenters. The average Bonchev–Trinajstić information content (AvgIpc) is 2.38. The lowest BCUT2D eigenvalue weighted by molar-refractivity contribution is -0.137. The minimum Gasteiger partial charge on any atom is -0.409 e. The Bertz CT molecular complexity index is 498. The van der Waals surface area contributed by atoms with Crippen molar-refractivity contribution in [3.05, 3.63) is 35.4 Å². The zero-order valence-electron chi connectivity index (χ0n) is 10.7. The molecule has 0 fully saturated rings. The van der Waals surface area contributed by atoms with Crippen LogP contribution in [0.5, 0.6) is 0 Å². The highest BCUT2D eigenvalue weighted by Gasteiger charge is 2.30. The van der Waals surface area contributed by atoms with Gasteiger partial charge < -0.3 is 15.8 Å². The van der Waals surface area contributed by atoms with E-state index in [2.05, 4.69) is 5.16 Å². The van der Waals surface area contributed by atoms with Crippen molar-refractivity contribution in [3.63, 3.8) is 0 Å². The van der Waals surface area contributed by atoms with Crippen LogP contribution < -0.4 is 5.73 Å². The van der Waals surface area contributed by atoms with Crippen LogP contribution in [-0.4, -0.2) is 35.4 Å².